The lowest BCUT2D eigenvalue weighted by molar-refractivity contribution is -0.146. The minimum atomic E-state index is -0.601. The normalized spacial score (nSPS) is 15.8. The summed E-state index contributed by atoms with van der Waals surface area (Å²) in [5, 5.41) is 0. The van der Waals surface area contributed by atoms with Gasteiger partial charge in [0.2, 0.25) is 0 Å². The van der Waals surface area contributed by atoms with Crippen molar-refractivity contribution in [3.05, 3.63) is 12.7 Å². The molecule has 0 saturated carbocycles. The summed E-state index contributed by atoms with van der Waals surface area (Å²) in [5.74, 6) is 0.160. The summed E-state index contributed by atoms with van der Waals surface area (Å²) in [6.45, 7) is 8.49. The van der Waals surface area contributed by atoms with E-state index in [1.54, 1.807) is 14.0 Å². The van der Waals surface area contributed by atoms with Gasteiger partial charge in [-0.2, -0.15) is 0 Å². The Morgan fingerprint density at radius 3 is 2.67 bits per heavy atom. The van der Waals surface area contributed by atoms with E-state index in [0.717, 1.165) is 19.3 Å². The highest BCUT2D eigenvalue weighted by Gasteiger charge is 2.27. The molecule has 0 spiro atoms. The summed E-state index contributed by atoms with van der Waals surface area (Å²) in [6.07, 6.45) is 4.81. The van der Waals surface area contributed by atoms with E-state index in [1.165, 1.54) is 0 Å². The zero-order valence-electron chi connectivity index (χ0n) is 11.9. The first kappa shape index (κ1) is 17.1. The Hall–Kier alpha value is -0.870. The number of nitrogens with two attached hydrogens (primary N) is 1. The van der Waals surface area contributed by atoms with Gasteiger partial charge in [-0.1, -0.05) is 13.0 Å². The van der Waals surface area contributed by atoms with Crippen LogP contribution in [0.2, 0.25) is 0 Å². The monoisotopic (exact) mass is 257 g/mol. The molecule has 2 unspecified atom stereocenters. The van der Waals surface area contributed by atoms with Crippen LogP contribution >= 0.6 is 0 Å². The Kier molecular flexibility index (Phi) is 9.60. The number of rotatable bonds is 10. The second-order valence-electron chi connectivity index (χ2n) is 4.70. The summed E-state index contributed by atoms with van der Waals surface area (Å²) in [7, 11) is 1.62. The molecule has 18 heavy (non-hydrogen) atoms. The molecule has 0 aliphatic rings. The average molecular weight is 257 g/mol. The Labute approximate surface area is 111 Å². The van der Waals surface area contributed by atoms with Crippen LogP contribution in [0.4, 0.5) is 0 Å². The fourth-order valence-corrected chi connectivity index (χ4v) is 2.00. The SMILES string of the molecule is C=CCCC(C)C[C@@H](COC)C(N)C(=O)OCC. The predicted molar refractivity (Wildman–Crippen MR) is 73.2 cm³/mol. The van der Waals surface area contributed by atoms with Crippen LogP contribution in [0, 0.1) is 11.8 Å². The molecule has 4 heteroatoms. The molecule has 0 aliphatic carbocycles. The summed E-state index contributed by atoms with van der Waals surface area (Å²) >= 11 is 0. The van der Waals surface area contributed by atoms with Gasteiger partial charge in [0, 0.05) is 13.0 Å². The van der Waals surface area contributed by atoms with Crippen LogP contribution in [0.1, 0.15) is 33.1 Å². The lowest BCUT2D eigenvalue weighted by atomic mass is 9.88. The summed E-state index contributed by atoms with van der Waals surface area (Å²) in [4.78, 5) is 11.6. The van der Waals surface area contributed by atoms with Gasteiger partial charge < -0.3 is 15.2 Å². The molecule has 4 nitrogen and oxygen atoms in total. The lowest BCUT2D eigenvalue weighted by Crippen LogP contribution is -2.42. The van der Waals surface area contributed by atoms with E-state index in [-0.39, 0.29) is 11.9 Å². The number of hydrogen-bond acceptors (Lipinski definition) is 4. The summed E-state index contributed by atoms with van der Waals surface area (Å²) in [6, 6.07) is -0.601. The van der Waals surface area contributed by atoms with Crippen LogP contribution in [0.15, 0.2) is 12.7 Å². The van der Waals surface area contributed by atoms with Crippen molar-refractivity contribution in [2.45, 2.75) is 39.2 Å². The second-order valence-corrected chi connectivity index (χ2v) is 4.70. The van der Waals surface area contributed by atoms with Crippen molar-refractivity contribution < 1.29 is 14.3 Å². The van der Waals surface area contributed by atoms with Crippen molar-refractivity contribution >= 4 is 5.97 Å². The summed E-state index contributed by atoms with van der Waals surface area (Å²) in [5.41, 5.74) is 5.94. The number of esters is 1. The van der Waals surface area contributed by atoms with Gasteiger partial charge in [0.15, 0.2) is 0 Å². The topological polar surface area (TPSA) is 61.5 Å². The number of carbonyl (C=O) groups is 1. The van der Waals surface area contributed by atoms with E-state index < -0.39 is 6.04 Å². The number of ether oxygens (including phenoxy) is 2. The standard InChI is InChI=1S/C14H27NO3/c1-5-7-8-11(3)9-12(10-17-4)13(15)14(16)18-6-2/h5,11-13H,1,6-10,15H2,2-4H3/t11?,12-,13?/m0/s1. The van der Waals surface area contributed by atoms with E-state index in [9.17, 15) is 4.79 Å². The minimum Gasteiger partial charge on any atom is -0.465 e. The van der Waals surface area contributed by atoms with Gasteiger partial charge >= 0.3 is 5.97 Å². The minimum absolute atomic E-state index is 0.00821. The molecule has 0 aromatic heterocycles. The smallest absolute Gasteiger partial charge is 0.323 e. The van der Waals surface area contributed by atoms with Gasteiger partial charge in [-0.15, -0.1) is 6.58 Å². The highest BCUT2D eigenvalue weighted by Crippen LogP contribution is 2.20. The molecule has 3 atom stereocenters. The third kappa shape index (κ3) is 6.77. The Morgan fingerprint density at radius 1 is 1.50 bits per heavy atom. The lowest BCUT2D eigenvalue weighted by Gasteiger charge is -2.24. The Balaban J connectivity index is 4.34. The predicted octanol–water partition coefficient (Wildman–Crippen LogP) is 2.13. The first-order chi connectivity index (χ1) is 8.56. The van der Waals surface area contributed by atoms with Gasteiger partial charge in [-0.3, -0.25) is 4.79 Å². The Morgan fingerprint density at radius 2 is 2.17 bits per heavy atom. The number of allylic oxidation sites excluding steroid dienone is 1. The maximum atomic E-state index is 11.6. The molecular weight excluding hydrogens is 230 g/mol. The van der Waals surface area contributed by atoms with Crippen molar-refractivity contribution in [1.82, 2.24) is 0 Å². The molecule has 106 valence electrons. The van der Waals surface area contributed by atoms with Gasteiger partial charge in [0.25, 0.3) is 0 Å². The van der Waals surface area contributed by atoms with E-state index in [2.05, 4.69) is 13.5 Å². The van der Waals surface area contributed by atoms with Crippen LogP contribution in [0.3, 0.4) is 0 Å². The molecule has 0 bridgehead atoms. The molecule has 2 N–H and O–H groups in total. The van der Waals surface area contributed by atoms with Gasteiger partial charge in [-0.25, -0.2) is 0 Å². The average Bonchev–Trinajstić information content (AvgIpc) is 2.35. The van der Waals surface area contributed by atoms with E-state index in [4.69, 9.17) is 15.2 Å². The first-order valence-electron chi connectivity index (χ1n) is 6.58. The Bertz CT molecular complexity index is 243. The van der Waals surface area contributed by atoms with E-state index in [0.29, 0.717) is 19.1 Å². The fourth-order valence-electron chi connectivity index (χ4n) is 2.00. The molecule has 0 saturated heterocycles. The van der Waals surface area contributed by atoms with Crippen molar-refractivity contribution in [2.75, 3.05) is 20.3 Å². The summed E-state index contributed by atoms with van der Waals surface area (Å²) < 4.78 is 10.1. The maximum Gasteiger partial charge on any atom is 0.323 e. The molecule has 0 aliphatic heterocycles. The van der Waals surface area contributed by atoms with E-state index in [1.807, 2.05) is 6.08 Å². The van der Waals surface area contributed by atoms with Crippen molar-refractivity contribution in [1.29, 1.82) is 0 Å². The highest BCUT2D eigenvalue weighted by molar-refractivity contribution is 5.75. The van der Waals surface area contributed by atoms with Crippen LogP contribution in [-0.2, 0) is 14.3 Å². The number of carbonyl (C=O) groups excluding carboxylic acids is 1. The van der Waals surface area contributed by atoms with Gasteiger partial charge in [0.1, 0.15) is 6.04 Å². The third-order valence-corrected chi connectivity index (χ3v) is 3.02. The van der Waals surface area contributed by atoms with Gasteiger partial charge in [-0.05, 0) is 32.1 Å². The number of methoxy groups -OCH3 is 1. The molecule has 0 radical (unpaired) electrons. The maximum absolute atomic E-state index is 11.6. The van der Waals surface area contributed by atoms with Crippen LogP contribution in [-0.4, -0.2) is 32.3 Å². The van der Waals surface area contributed by atoms with Crippen molar-refractivity contribution in [2.24, 2.45) is 17.6 Å². The zero-order valence-corrected chi connectivity index (χ0v) is 11.9. The van der Waals surface area contributed by atoms with Crippen molar-refractivity contribution in [3.8, 4) is 0 Å². The third-order valence-electron chi connectivity index (χ3n) is 3.02. The molecular formula is C14H27NO3. The van der Waals surface area contributed by atoms with Crippen LogP contribution in [0.25, 0.3) is 0 Å². The van der Waals surface area contributed by atoms with E-state index >= 15 is 0 Å². The van der Waals surface area contributed by atoms with Crippen molar-refractivity contribution in [3.63, 3.8) is 0 Å². The molecule has 0 heterocycles. The second kappa shape index (κ2) is 10.1. The van der Waals surface area contributed by atoms with Crippen LogP contribution in [0.5, 0.6) is 0 Å². The highest BCUT2D eigenvalue weighted by atomic mass is 16.5. The quantitative estimate of drug-likeness (QED) is 0.481. The number of hydrogen-bond donors (Lipinski definition) is 1. The molecule has 0 aromatic carbocycles. The molecule has 0 fully saturated rings. The molecule has 0 amide bonds. The molecule has 0 rings (SSSR count). The van der Waals surface area contributed by atoms with Crippen LogP contribution < -0.4 is 5.73 Å². The molecule has 0 aromatic rings. The zero-order chi connectivity index (χ0) is 14.0. The largest absolute Gasteiger partial charge is 0.465 e. The fraction of sp³-hybridized carbons (Fsp3) is 0.786. The first-order valence-corrected chi connectivity index (χ1v) is 6.58. The van der Waals surface area contributed by atoms with Gasteiger partial charge in [0.05, 0.1) is 13.2 Å².